The van der Waals surface area contributed by atoms with E-state index >= 15 is 0 Å². The quantitative estimate of drug-likeness (QED) is 0.408. The fourth-order valence-electron chi connectivity index (χ4n) is 4.14. The van der Waals surface area contributed by atoms with Crippen LogP contribution in [0.5, 0.6) is 0 Å². The molecule has 1 saturated carbocycles. The molecular weight excluding hydrogens is 450 g/mol. The Kier molecular flexibility index (Phi) is 7.11. The number of nitrogens with two attached hydrogens (primary N) is 1. The van der Waals surface area contributed by atoms with Gasteiger partial charge in [0.1, 0.15) is 5.82 Å². The Hall–Kier alpha value is -2.04. The summed E-state index contributed by atoms with van der Waals surface area (Å²) in [7, 11) is 0. The standard InChI is InChI=1S/C22H28ClN5O3S/c1-22(13-23,14-29)17-4-2-3-16(10-17)19-11-21-25-8-7-20(28(21)27-19)26-18-6-5-15(9-18)12-31-32(24)30/h2-4,7-8,10-11,15,18,26,29H,5-6,9,12-14,24H2,1H3. The number of rotatable bonds is 9. The molecule has 1 aromatic carbocycles. The van der Waals surface area contributed by atoms with Gasteiger partial charge in [0.05, 0.1) is 18.9 Å². The van der Waals surface area contributed by atoms with Gasteiger partial charge in [-0.05, 0) is 42.9 Å². The molecular formula is C22H28ClN5O3S. The van der Waals surface area contributed by atoms with Crippen LogP contribution in [0.15, 0.2) is 42.6 Å². The zero-order valence-corrected chi connectivity index (χ0v) is 19.5. The molecule has 8 nitrogen and oxygen atoms in total. The SMILES string of the molecule is CC(CO)(CCl)c1cccc(-c2cc3nccc(NC4CCC(COS(N)=O)C4)n3n2)c1. The third kappa shape index (κ3) is 4.97. The molecule has 0 saturated heterocycles. The van der Waals surface area contributed by atoms with Gasteiger partial charge in [-0.15, -0.1) is 11.6 Å². The number of nitrogens with zero attached hydrogens (tertiary/aromatic N) is 3. The number of benzene rings is 1. The number of aliphatic hydroxyl groups is 1. The largest absolute Gasteiger partial charge is 0.395 e. The Morgan fingerprint density at radius 1 is 1.38 bits per heavy atom. The number of halogens is 1. The lowest BCUT2D eigenvalue weighted by Crippen LogP contribution is -2.28. The van der Waals surface area contributed by atoms with E-state index in [1.165, 1.54) is 0 Å². The summed E-state index contributed by atoms with van der Waals surface area (Å²) in [6, 6.07) is 12.1. The molecule has 2 aromatic heterocycles. The smallest absolute Gasteiger partial charge is 0.231 e. The van der Waals surface area contributed by atoms with Crippen LogP contribution in [0.25, 0.3) is 16.9 Å². The number of alkyl halides is 1. The highest BCUT2D eigenvalue weighted by Crippen LogP contribution is 2.31. The highest BCUT2D eigenvalue weighted by Gasteiger charge is 2.27. The number of aromatic nitrogens is 3. The maximum Gasteiger partial charge on any atom is 0.231 e. The van der Waals surface area contributed by atoms with Crippen LogP contribution in [0, 0.1) is 5.92 Å². The predicted molar refractivity (Wildman–Crippen MR) is 127 cm³/mol. The molecule has 32 heavy (non-hydrogen) atoms. The van der Waals surface area contributed by atoms with Gasteiger partial charge in [0.2, 0.25) is 11.3 Å². The lowest BCUT2D eigenvalue weighted by Gasteiger charge is -2.25. The van der Waals surface area contributed by atoms with Crippen LogP contribution in [0.4, 0.5) is 5.82 Å². The zero-order valence-electron chi connectivity index (χ0n) is 17.9. The van der Waals surface area contributed by atoms with Crippen molar-refractivity contribution in [3.05, 3.63) is 48.2 Å². The van der Waals surface area contributed by atoms with E-state index in [9.17, 15) is 9.32 Å². The lowest BCUT2D eigenvalue weighted by molar-refractivity contribution is 0.220. The van der Waals surface area contributed by atoms with Gasteiger partial charge < -0.3 is 10.4 Å². The van der Waals surface area contributed by atoms with Crippen molar-refractivity contribution >= 4 is 34.3 Å². The van der Waals surface area contributed by atoms with Crippen LogP contribution in [0.3, 0.4) is 0 Å². The molecule has 2 heterocycles. The van der Waals surface area contributed by atoms with Gasteiger partial charge in [0.25, 0.3) is 0 Å². The van der Waals surface area contributed by atoms with Gasteiger partial charge in [-0.25, -0.2) is 14.3 Å². The zero-order chi connectivity index (χ0) is 22.7. The number of hydrogen-bond acceptors (Lipinski definition) is 6. The Labute approximate surface area is 194 Å². The first-order valence-electron chi connectivity index (χ1n) is 10.6. The highest BCUT2D eigenvalue weighted by molar-refractivity contribution is 7.77. The molecule has 4 unspecified atom stereocenters. The fourth-order valence-corrected chi connectivity index (χ4v) is 4.71. The van der Waals surface area contributed by atoms with Gasteiger partial charge in [-0.1, -0.05) is 25.1 Å². The maximum absolute atomic E-state index is 11.0. The fraction of sp³-hybridized carbons (Fsp3) is 0.455. The highest BCUT2D eigenvalue weighted by atomic mass is 35.5. The molecule has 10 heteroatoms. The van der Waals surface area contributed by atoms with Crippen LogP contribution < -0.4 is 10.5 Å². The molecule has 0 radical (unpaired) electrons. The van der Waals surface area contributed by atoms with Crippen molar-refractivity contribution in [1.82, 2.24) is 14.6 Å². The maximum atomic E-state index is 11.0. The van der Waals surface area contributed by atoms with E-state index in [2.05, 4.69) is 10.3 Å². The minimum atomic E-state index is -1.72. The van der Waals surface area contributed by atoms with Gasteiger partial charge >= 0.3 is 0 Å². The molecule has 172 valence electrons. The first kappa shape index (κ1) is 23.1. The average molecular weight is 478 g/mol. The van der Waals surface area contributed by atoms with Gasteiger partial charge in [0.15, 0.2) is 5.65 Å². The molecule has 4 rings (SSSR count). The summed E-state index contributed by atoms with van der Waals surface area (Å²) in [5, 5.41) is 23.4. The summed E-state index contributed by atoms with van der Waals surface area (Å²) in [6.07, 6.45) is 4.66. The second-order valence-corrected chi connectivity index (χ2v) is 9.65. The molecule has 1 aliphatic carbocycles. The van der Waals surface area contributed by atoms with E-state index in [-0.39, 0.29) is 12.6 Å². The number of fused-ring (bicyclic) bond motifs is 1. The van der Waals surface area contributed by atoms with E-state index < -0.39 is 16.7 Å². The van der Waals surface area contributed by atoms with Crippen molar-refractivity contribution in [3.63, 3.8) is 0 Å². The van der Waals surface area contributed by atoms with Crippen molar-refractivity contribution in [2.24, 2.45) is 11.1 Å². The van der Waals surface area contributed by atoms with Crippen LogP contribution in [-0.2, 0) is 20.9 Å². The minimum Gasteiger partial charge on any atom is -0.395 e. The lowest BCUT2D eigenvalue weighted by atomic mass is 9.84. The van der Waals surface area contributed by atoms with Gasteiger partial charge in [0, 0.05) is 35.2 Å². The second-order valence-electron chi connectivity index (χ2n) is 8.63. The van der Waals surface area contributed by atoms with E-state index in [0.717, 1.165) is 47.5 Å². The van der Waals surface area contributed by atoms with Crippen LogP contribution >= 0.6 is 11.6 Å². The molecule has 1 aliphatic rings. The van der Waals surface area contributed by atoms with Gasteiger partial charge in [-0.3, -0.25) is 4.18 Å². The molecule has 0 spiro atoms. The van der Waals surface area contributed by atoms with E-state index in [4.69, 9.17) is 26.0 Å². The second kappa shape index (κ2) is 9.84. The third-order valence-corrected chi connectivity index (χ3v) is 7.13. The van der Waals surface area contributed by atoms with Crippen LogP contribution in [-0.4, -0.2) is 49.0 Å². The third-order valence-electron chi connectivity index (χ3n) is 6.17. The molecule has 0 amide bonds. The average Bonchev–Trinajstić information content (AvgIpc) is 3.45. The van der Waals surface area contributed by atoms with Crippen molar-refractivity contribution in [2.75, 3.05) is 24.4 Å². The Bertz CT molecular complexity index is 1100. The summed E-state index contributed by atoms with van der Waals surface area (Å²) in [5.74, 6) is 1.52. The van der Waals surface area contributed by atoms with Crippen LogP contribution in [0.1, 0.15) is 31.7 Å². The normalized spacial score (nSPS) is 21.5. The number of nitrogens with one attached hydrogen (secondary N) is 1. The molecule has 3 aromatic rings. The van der Waals surface area contributed by atoms with Crippen LogP contribution in [0.2, 0.25) is 0 Å². The van der Waals surface area contributed by atoms with Crippen molar-refractivity contribution in [2.45, 2.75) is 37.6 Å². The molecule has 4 N–H and O–H groups in total. The van der Waals surface area contributed by atoms with E-state index in [0.29, 0.717) is 18.4 Å². The summed E-state index contributed by atoms with van der Waals surface area (Å²) in [6.45, 7) is 2.32. The Morgan fingerprint density at radius 3 is 2.97 bits per heavy atom. The van der Waals surface area contributed by atoms with E-state index in [1.54, 1.807) is 6.20 Å². The summed E-state index contributed by atoms with van der Waals surface area (Å²) < 4.78 is 17.8. The summed E-state index contributed by atoms with van der Waals surface area (Å²) in [5.41, 5.74) is 2.94. The molecule has 4 atom stereocenters. The van der Waals surface area contributed by atoms with Gasteiger partial charge in [-0.2, -0.15) is 9.61 Å². The van der Waals surface area contributed by atoms with Crippen molar-refractivity contribution < 1.29 is 13.5 Å². The Balaban J connectivity index is 1.55. The number of anilines is 1. The predicted octanol–water partition coefficient (Wildman–Crippen LogP) is 3.02. The first-order valence-corrected chi connectivity index (χ1v) is 12.3. The number of aliphatic hydroxyl groups excluding tert-OH is 1. The summed E-state index contributed by atoms with van der Waals surface area (Å²) >= 11 is 4.41. The monoisotopic (exact) mass is 477 g/mol. The molecule has 1 fully saturated rings. The molecule has 0 aliphatic heterocycles. The van der Waals surface area contributed by atoms with Crippen molar-refractivity contribution in [1.29, 1.82) is 0 Å². The Morgan fingerprint density at radius 2 is 2.22 bits per heavy atom. The van der Waals surface area contributed by atoms with Crippen molar-refractivity contribution in [3.8, 4) is 11.3 Å². The number of hydrogen-bond donors (Lipinski definition) is 3. The first-order chi connectivity index (χ1) is 15.4. The van der Waals surface area contributed by atoms with E-state index in [1.807, 2.05) is 47.8 Å². The summed E-state index contributed by atoms with van der Waals surface area (Å²) in [4.78, 5) is 4.46. The molecule has 0 bridgehead atoms. The topological polar surface area (TPSA) is 115 Å². The minimum absolute atomic E-state index is 0.0324.